The Kier molecular flexibility index (Phi) is 5.56. The molecule has 7 aromatic rings. The lowest BCUT2D eigenvalue weighted by Gasteiger charge is -2.13. The van der Waals surface area contributed by atoms with E-state index in [4.69, 9.17) is 9.97 Å². The Morgan fingerprint density at radius 1 is 0.553 bits per heavy atom. The Labute approximate surface area is 228 Å². The van der Waals surface area contributed by atoms with Gasteiger partial charge in [0.15, 0.2) is 5.82 Å². The second kappa shape index (κ2) is 9.36. The smallest absolute Gasteiger partial charge is 0.162 e. The molecule has 0 spiro atoms. The maximum Gasteiger partial charge on any atom is 0.162 e. The van der Waals surface area contributed by atoms with Crippen molar-refractivity contribution >= 4 is 37.7 Å². The molecular weight excluding hydrogens is 532 g/mol. The van der Waals surface area contributed by atoms with E-state index >= 15 is 0 Å². The molecule has 0 radical (unpaired) electrons. The molecule has 0 saturated heterocycles. The minimum Gasteiger partial charge on any atom is -0.294 e. The molecule has 4 aromatic carbocycles. The summed E-state index contributed by atoms with van der Waals surface area (Å²) >= 11 is 3.72. The van der Waals surface area contributed by atoms with Gasteiger partial charge in [-0.15, -0.1) is 0 Å². The molecule has 0 aliphatic carbocycles. The van der Waals surface area contributed by atoms with E-state index in [1.807, 2.05) is 30.5 Å². The highest BCUT2D eigenvalue weighted by molar-refractivity contribution is 9.10. The number of fused-ring (bicyclic) bond motifs is 3. The number of benzene rings is 4. The van der Waals surface area contributed by atoms with E-state index in [1.54, 1.807) is 6.20 Å². The molecule has 0 fully saturated rings. The monoisotopic (exact) mass is 552 g/mol. The van der Waals surface area contributed by atoms with Gasteiger partial charge in [0.1, 0.15) is 5.82 Å². The average Bonchev–Trinajstić information content (AvgIpc) is 3.32. The van der Waals surface area contributed by atoms with Crippen molar-refractivity contribution in [2.45, 2.75) is 0 Å². The highest BCUT2D eigenvalue weighted by Crippen LogP contribution is 2.35. The molecule has 3 aromatic heterocycles. The van der Waals surface area contributed by atoms with Crippen LogP contribution in [-0.2, 0) is 0 Å². The number of hydrogen-bond donors (Lipinski definition) is 0. The summed E-state index contributed by atoms with van der Waals surface area (Å²) in [6, 6.07) is 39.6. The van der Waals surface area contributed by atoms with Crippen molar-refractivity contribution in [3.05, 3.63) is 132 Å². The lowest BCUT2D eigenvalue weighted by Crippen LogP contribution is -2.02. The van der Waals surface area contributed by atoms with E-state index in [0.717, 1.165) is 49.3 Å². The summed E-state index contributed by atoms with van der Waals surface area (Å²) in [5.74, 6) is 1.51. The first-order valence-electron chi connectivity index (χ1n) is 12.4. The minimum atomic E-state index is 0.683. The zero-order valence-corrected chi connectivity index (χ0v) is 21.9. The van der Waals surface area contributed by atoms with E-state index in [-0.39, 0.29) is 0 Å². The van der Waals surface area contributed by atoms with Crippen LogP contribution >= 0.6 is 15.9 Å². The molecule has 5 heteroatoms. The molecule has 0 aliphatic rings. The van der Waals surface area contributed by atoms with Gasteiger partial charge in [-0.1, -0.05) is 88.7 Å². The van der Waals surface area contributed by atoms with Crippen LogP contribution in [0.1, 0.15) is 0 Å². The summed E-state index contributed by atoms with van der Waals surface area (Å²) in [6.07, 6.45) is 3.67. The van der Waals surface area contributed by atoms with Gasteiger partial charge in [0, 0.05) is 50.4 Å². The van der Waals surface area contributed by atoms with Gasteiger partial charge in [-0.25, -0.2) is 9.97 Å². The first kappa shape index (κ1) is 22.6. The van der Waals surface area contributed by atoms with Crippen molar-refractivity contribution < 1.29 is 0 Å². The molecular formula is C33H21BrN4. The largest absolute Gasteiger partial charge is 0.294 e. The number of nitrogens with zero attached hydrogens (tertiary/aromatic N) is 4. The van der Waals surface area contributed by atoms with Crippen molar-refractivity contribution in [1.29, 1.82) is 0 Å². The second-order valence-electron chi connectivity index (χ2n) is 9.14. The number of rotatable bonds is 4. The molecule has 0 unspecified atom stereocenters. The highest BCUT2D eigenvalue weighted by atomic mass is 79.9. The van der Waals surface area contributed by atoms with Crippen LogP contribution in [0.25, 0.3) is 61.4 Å². The van der Waals surface area contributed by atoms with Gasteiger partial charge in [-0.3, -0.25) is 9.55 Å². The summed E-state index contributed by atoms with van der Waals surface area (Å²) in [4.78, 5) is 14.5. The van der Waals surface area contributed by atoms with Gasteiger partial charge >= 0.3 is 0 Å². The van der Waals surface area contributed by atoms with Crippen molar-refractivity contribution in [2.24, 2.45) is 0 Å². The van der Waals surface area contributed by atoms with Gasteiger partial charge in [-0.05, 0) is 42.0 Å². The number of aromatic nitrogens is 4. The van der Waals surface area contributed by atoms with E-state index < -0.39 is 0 Å². The molecule has 0 atom stereocenters. The third-order valence-electron chi connectivity index (χ3n) is 6.74. The van der Waals surface area contributed by atoms with Crippen LogP contribution in [0.5, 0.6) is 0 Å². The predicted octanol–water partition coefficient (Wildman–Crippen LogP) is 8.73. The predicted molar refractivity (Wildman–Crippen MR) is 158 cm³/mol. The Balaban J connectivity index is 1.51. The molecule has 3 heterocycles. The number of pyridine rings is 1. The quantitative estimate of drug-likeness (QED) is 0.219. The zero-order chi connectivity index (χ0) is 25.5. The Morgan fingerprint density at radius 3 is 1.92 bits per heavy atom. The molecule has 0 amide bonds. The Morgan fingerprint density at radius 2 is 1.21 bits per heavy atom. The second-order valence-corrected chi connectivity index (χ2v) is 10.1. The number of para-hydroxylation sites is 2. The summed E-state index contributed by atoms with van der Waals surface area (Å²) in [6.45, 7) is 0. The van der Waals surface area contributed by atoms with Crippen molar-refractivity contribution in [3.63, 3.8) is 0 Å². The van der Waals surface area contributed by atoms with Gasteiger partial charge in [-0.2, -0.15) is 0 Å². The minimum absolute atomic E-state index is 0.683. The molecule has 0 aliphatic heterocycles. The lowest BCUT2D eigenvalue weighted by molar-refractivity contribution is 1.05. The van der Waals surface area contributed by atoms with Gasteiger partial charge in [0.2, 0.25) is 0 Å². The summed E-state index contributed by atoms with van der Waals surface area (Å²) in [5, 5.41) is 2.40. The lowest BCUT2D eigenvalue weighted by atomic mass is 10.0. The molecule has 38 heavy (non-hydrogen) atoms. The Bertz CT molecular complexity index is 1880. The fourth-order valence-electron chi connectivity index (χ4n) is 5.02. The van der Waals surface area contributed by atoms with Crippen LogP contribution in [-0.4, -0.2) is 19.5 Å². The molecule has 0 N–H and O–H groups in total. The summed E-state index contributed by atoms with van der Waals surface area (Å²) < 4.78 is 3.22. The maximum atomic E-state index is 5.11. The number of halogens is 1. The third-order valence-corrected chi connectivity index (χ3v) is 7.20. The number of hydrogen-bond acceptors (Lipinski definition) is 3. The Hall–Kier alpha value is -4.61. The van der Waals surface area contributed by atoms with E-state index in [9.17, 15) is 0 Å². The summed E-state index contributed by atoms with van der Waals surface area (Å²) in [5.41, 5.74) is 7.17. The standard InChI is InChI=1S/C33H21BrN4/c34-26-18-24(23-11-8-16-35-21-23)17-25(19-26)29-20-32(37-33(36-29)22-9-2-1-3-10-22)38-30-14-6-4-12-27(30)28-13-5-7-15-31(28)38/h1-21H. The van der Waals surface area contributed by atoms with E-state index in [0.29, 0.717) is 5.82 Å². The maximum absolute atomic E-state index is 5.11. The van der Waals surface area contributed by atoms with Crippen LogP contribution in [0.15, 0.2) is 132 Å². The molecule has 0 saturated carbocycles. The van der Waals surface area contributed by atoms with Crippen molar-refractivity contribution in [2.75, 3.05) is 0 Å². The fourth-order valence-corrected chi connectivity index (χ4v) is 5.51. The zero-order valence-electron chi connectivity index (χ0n) is 20.3. The van der Waals surface area contributed by atoms with Crippen molar-refractivity contribution in [1.82, 2.24) is 19.5 Å². The fraction of sp³-hybridized carbons (Fsp3) is 0. The van der Waals surface area contributed by atoms with Gasteiger partial charge < -0.3 is 0 Å². The first-order valence-corrected chi connectivity index (χ1v) is 13.2. The van der Waals surface area contributed by atoms with Crippen LogP contribution in [0, 0.1) is 0 Å². The molecule has 4 nitrogen and oxygen atoms in total. The third kappa shape index (κ3) is 3.98. The normalized spacial score (nSPS) is 11.3. The van der Waals surface area contributed by atoms with E-state index in [2.05, 4.69) is 116 Å². The summed E-state index contributed by atoms with van der Waals surface area (Å²) in [7, 11) is 0. The first-order chi connectivity index (χ1) is 18.7. The molecule has 0 bridgehead atoms. The van der Waals surface area contributed by atoms with Gasteiger partial charge in [0.05, 0.1) is 16.7 Å². The van der Waals surface area contributed by atoms with Crippen LogP contribution in [0.3, 0.4) is 0 Å². The van der Waals surface area contributed by atoms with Crippen LogP contribution in [0.2, 0.25) is 0 Å². The van der Waals surface area contributed by atoms with E-state index in [1.165, 1.54) is 10.8 Å². The van der Waals surface area contributed by atoms with Crippen LogP contribution < -0.4 is 0 Å². The van der Waals surface area contributed by atoms with Crippen molar-refractivity contribution in [3.8, 4) is 39.6 Å². The topological polar surface area (TPSA) is 43.6 Å². The SMILES string of the molecule is Brc1cc(-c2cccnc2)cc(-c2cc(-n3c4ccccc4c4ccccc43)nc(-c3ccccc3)n2)c1. The van der Waals surface area contributed by atoms with Crippen LogP contribution in [0.4, 0.5) is 0 Å². The molecule has 7 rings (SSSR count). The van der Waals surface area contributed by atoms with Gasteiger partial charge in [0.25, 0.3) is 0 Å². The molecule has 180 valence electrons. The average molecular weight is 553 g/mol. The highest BCUT2D eigenvalue weighted by Gasteiger charge is 2.16.